The average molecular weight is 467 g/mol. The van der Waals surface area contributed by atoms with Gasteiger partial charge in [-0.25, -0.2) is 0 Å². The second-order valence-electron chi connectivity index (χ2n) is 5.89. The number of amides is 1. The van der Waals surface area contributed by atoms with E-state index in [9.17, 15) is 4.79 Å². The van der Waals surface area contributed by atoms with Crippen LogP contribution in [-0.2, 0) is 4.79 Å². The minimum Gasteiger partial charge on any atom is -0.493 e. The number of thioether (sulfide) groups is 1. The van der Waals surface area contributed by atoms with Crippen molar-refractivity contribution in [2.24, 2.45) is 0 Å². The maximum atomic E-state index is 13.0. The number of carbonyl (C=O) groups is 1. The normalized spacial score (nSPS) is 15.7. The number of thiocarbonyl (C=S) groups is 1. The number of carbonyl (C=O) groups excluding carboxylic acids is 1. The molecule has 2 aromatic rings. The molecule has 0 N–H and O–H groups in total. The van der Waals surface area contributed by atoms with E-state index >= 15 is 0 Å². The van der Waals surface area contributed by atoms with Crippen molar-refractivity contribution < 1.29 is 14.3 Å². The number of ether oxygens (including phenoxy) is 2. The van der Waals surface area contributed by atoms with Crippen LogP contribution in [0.3, 0.4) is 0 Å². The molecule has 1 aliphatic heterocycles. The molecule has 1 amide bonds. The number of aromatic nitrogens is 1. The number of halogens is 1. The van der Waals surface area contributed by atoms with Crippen LogP contribution < -0.4 is 14.5 Å². The maximum absolute atomic E-state index is 13.0. The molecule has 1 fully saturated rings. The molecule has 27 heavy (non-hydrogen) atoms. The van der Waals surface area contributed by atoms with Crippen LogP contribution in [0, 0.1) is 13.8 Å². The smallest absolute Gasteiger partial charge is 0.285 e. The number of rotatable bonds is 5. The number of aryl methyl sites for hydroxylation is 2. The van der Waals surface area contributed by atoms with Crippen molar-refractivity contribution in [1.82, 2.24) is 4.68 Å². The molecule has 142 valence electrons. The van der Waals surface area contributed by atoms with E-state index in [-0.39, 0.29) is 5.91 Å². The summed E-state index contributed by atoms with van der Waals surface area (Å²) in [5.41, 5.74) is 2.73. The summed E-state index contributed by atoms with van der Waals surface area (Å²) in [6, 6.07) is 7.67. The second kappa shape index (κ2) is 8.08. The fourth-order valence-electron chi connectivity index (χ4n) is 2.87. The quantitative estimate of drug-likeness (QED) is 0.467. The second-order valence-corrected chi connectivity index (χ2v) is 8.42. The first-order valence-electron chi connectivity index (χ1n) is 8.30. The van der Waals surface area contributed by atoms with Gasteiger partial charge in [-0.1, -0.05) is 11.8 Å². The third-order valence-electron chi connectivity index (χ3n) is 4.05. The molecule has 5 nitrogen and oxygen atoms in total. The highest BCUT2D eigenvalue weighted by Gasteiger charge is 2.34. The van der Waals surface area contributed by atoms with Crippen LogP contribution in [0.1, 0.15) is 23.9 Å². The van der Waals surface area contributed by atoms with Crippen molar-refractivity contribution in [1.29, 1.82) is 0 Å². The molecular weight excluding hydrogens is 448 g/mol. The van der Waals surface area contributed by atoms with Crippen LogP contribution in [0.25, 0.3) is 6.08 Å². The zero-order chi connectivity index (χ0) is 19.7. The highest BCUT2D eigenvalue weighted by molar-refractivity contribution is 9.10. The molecule has 1 aromatic carbocycles. The van der Waals surface area contributed by atoms with Gasteiger partial charge in [0, 0.05) is 11.4 Å². The highest BCUT2D eigenvalue weighted by atomic mass is 79.9. The molecule has 0 saturated carbocycles. The van der Waals surface area contributed by atoms with Gasteiger partial charge in [0.15, 0.2) is 15.8 Å². The Kier molecular flexibility index (Phi) is 5.98. The largest absolute Gasteiger partial charge is 0.493 e. The molecule has 0 aliphatic carbocycles. The minimum atomic E-state index is -0.142. The summed E-state index contributed by atoms with van der Waals surface area (Å²) >= 11 is 10.3. The fourth-order valence-corrected chi connectivity index (χ4v) is 4.68. The van der Waals surface area contributed by atoms with Gasteiger partial charge in [-0.05, 0) is 84.8 Å². The zero-order valence-corrected chi connectivity index (χ0v) is 18.6. The monoisotopic (exact) mass is 466 g/mol. The summed E-state index contributed by atoms with van der Waals surface area (Å²) < 4.78 is 14.2. The molecule has 2 heterocycles. The number of hydrogen-bond acceptors (Lipinski definition) is 5. The van der Waals surface area contributed by atoms with Gasteiger partial charge in [-0.3, -0.25) is 9.47 Å². The van der Waals surface area contributed by atoms with Gasteiger partial charge in [0.05, 0.1) is 23.1 Å². The first kappa shape index (κ1) is 20.0. The van der Waals surface area contributed by atoms with E-state index in [1.54, 1.807) is 7.11 Å². The average Bonchev–Trinajstić information content (AvgIpc) is 3.08. The molecular formula is C19H19BrN2O3S2. The van der Waals surface area contributed by atoms with Crippen LogP contribution >= 0.6 is 39.9 Å². The fraction of sp³-hybridized carbons (Fsp3) is 0.263. The Labute approximate surface area is 176 Å². The predicted octanol–water partition coefficient (Wildman–Crippen LogP) is 4.81. The van der Waals surface area contributed by atoms with Crippen LogP contribution in [-0.4, -0.2) is 28.6 Å². The van der Waals surface area contributed by atoms with Gasteiger partial charge in [0.25, 0.3) is 5.91 Å². The van der Waals surface area contributed by atoms with Crippen molar-refractivity contribution in [2.45, 2.75) is 20.8 Å². The summed E-state index contributed by atoms with van der Waals surface area (Å²) in [6.45, 7) is 6.34. The van der Waals surface area contributed by atoms with Gasteiger partial charge < -0.3 is 9.47 Å². The van der Waals surface area contributed by atoms with Gasteiger partial charge in [0.2, 0.25) is 0 Å². The lowest BCUT2D eigenvalue weighted by molar-refractivity contribution is -0.114. The molecule has 1 aliphatic rings. The molecule has 0 bridgehead atoms. The van der Waals surface area contributed by atoms with E-state index in [4.69, 9.17) is 21.7 Å². The third-order valence-corrected chi connectivity index (χ3v) is 5.92. The summed E-state index contributed by atoms with van der Waals surface area (Å²) in [4.78, 5) is 13.6. The molecule has 0 radical (unpaired) electrons. The Morgan fingerprint density at radius 1 is 1.26 bits per heavy atom. The standard InChI is InChI=1S/C19H19BrN2O3S2/c1-5-25-17-14(20)8-13(9-15(17)24-4)10-16-18(23)22(19(26)27-16)21-11(2)6-7-12(21)3/h6-10H,5H2,1-4H3/b16-10+. The van der Waals surface area contributed by atoms with E-state index in [1.807, 2.05) is 55.8 Å². The van der Waals surface area contributed by atoms with Crippen molar-refractivity contribution in [3.63, 3.8) is 0 Å². The lowest BCUT2D eigenvalue weighted by Gasteiger charge is -2.20. The van der Waals surface area contributed by atoms with Crippen molar-refractivity contribution in [3.8, 4) is 11.5 Å². The molecule has 0 spiro atoms. The molecule has 8 heteroatoms. The molecule has 1 saturated heterocycles. The van der Waals surface area contributed by atoms with Crippen molar-refractivity contribution in [2.75, 3.05) is 18.7 Å². The van der Waals surface area contributed by atoms with E-state index in [0.29, 0.717) is 27.3 Å². The zero-order valence-electron chi connectivity index (χ0n) is 15.4. The lowest BCUT2D eigenvalue weighted by atomic mass is 10.2. The van der Waals surface area contributed by atoms with E-state index < -0.39 is 0 Å². The predicted molar refractivity (Wildman–Crippen MR) is 117 cm³/mol. The van der Waals surface area contributed by atoms with Crippen molar-refractivity contribution >= 4 is 56.2 Å². The summed E-state index contributed by atoms with van der Waals surface area (Å²) in [5.74, 6) is 1.10. The van der Waals surface area contributed by atoms with Crippen LogP contribution in [0.2, 0.25) is 0 Å². The van der Waals surface area contributed by atoms with Gasteiger partial charge in [-0.2, -0.15) is 5.01 Å². The maximum Gasteiger partial charge on any atom is 0.285 e. The summed E-state index contributed by atoms with van der Waals surface area (Å²) in [6.07, 6.45) is 1.82. The number of benzene rings is 1. The van der Waals surface area contributed by atoms with Gasteiger partial charge in [-0.15, -0.1) is 0 Å². The Hall–Kier alpha value is -1.77. The summed E-state index contributed by atoms with van der Waals surface area (Å²) in [5, 5.41) is 1.54. The van der Waals surface area contributed by atoms with Crippen LogP contribution in [0.5, 0.6) is 11.5 Å². The van der Waals surface area contributed by atoms with Gasteiger partial charge >= 0.3 is 0 Å². The Balaban J connectivity index is 1.98. The first-order valence-corrected chi connectivity index (χ1v) is 10.3. The third kappa shape index (κ3) is 3.79. The number of methoxy groups -OCH3 is 1. The molecule has 3 rings (SSSR count). The Morgan fingerprint density at radius 3 is 2.52 bits per heavy atom. The molecule has 0 atom stereocenters. The Bertz CT molecular complexity index is 933. The summed E-state index contributed by atoms with van der Waals surface area (Å²) in [7, 11) is 1.59. The van der Waals surface area contributed by atoms with E-state index in [1.165, 1.54) is 16.8 Å². The van der Waals surface area contributed by atoms with Crippen LogP contribution in [0.4, 0.5) is 0 Å². The van der Waals surface area contributed by atoms with E-state index in [2.05, 4.69) is 15.9 Å². The van der Waals surface area contributed by atoms with E-state index in [0.717, 1.165) is 21.4 Å². The topological polar surface area (TPSA) is 43.7 Å². The number of hydrogen-bond donors (Lipinski definition) is 0. The van der Waals surface area contributed by atoms with Gasteiger partial charge in [0.1, 0.15) is 0 Å². The highest BCUT2D eigenvalue weighted by Crippen LogP contribution is 2.39. The lowest BCUT2D eigenvalue weighted by Crippen LogP contribution is -2.39. The molecule has 1 aromatic heterocycles. The molecule has 0 unspecified atom stereocenters. The SMILES string of the molecule is CCOc1c(Br)cc(/C=C2/SC(=S)N(n3c(C)ccc3C)C2=O)cc1OC. The number of nitrogens with zero attached hydrogens (tertiary/aromatic N) is 2. The first-order chi connectivity index (χ1) is 12.9. The Morgan fingerprint density at radius 2 is 1.93 bits per heavy atom. The minimum absolute atomic E-state index is 0.142. The van der Waals surface area contributed by atoms with Crippen LogP contribution in [0.15, 0.2) is 33.6 Å². The van der Waals surface area contributed by atoms with Crippen molar-refractivity contribution in [3.05, 3.63) is 50.6 Å².